The van der Waals surface area contributed by atoms with Crippen molar-refractivity contribution in [2.24, 2.45) is 0 Å². The number of anilines is 1. The molecule has 3 aromatic rings. The summed E-state index contributed by atoms with van der Waals surface area (Å²) < 4.78 is 15.3. The highest BCUT2D eigenvalue weighted by molar-refractivity contribution is 5.76. The second kappa shape index (κ2) is 7.83. The van der Waals surface area contributed by atoms with Gasteiger partial charge in [-0.15, -0.1) is 0 Å². The molecule has 2 aliphatic heterocycles. The fraction of sp³-hybridized carbons (Fsp3) is 0.360. The smallest absolute Gasteiger partial charge is 0.318 e. The Bertz CT molecular complexity index is 1310. The number of likely N-dealkylation sites (tertiary alicyclic amines) is 1. The first-order valence-corrected chi connectivity index (χ1v) is 11.3. The van der Waals surface area contributed by atoms with E-state index in [1.165, 1.54) is 12.1 Å². The van der Waals surface area contributed by atoms with E-state index in [1.807, 2.05) is 29.5 Å². The normalized spacial score (nSPS) is 19.3. The number of urea groups is 1. The highest BCUT2D eigenvalue weighted by Gasteiger charge is 2.47. The number of nitrogen functional groups attached to an aromatic ring is 1. The first kappa shape index (κ1) is 21.9. The summed E-state index contributed by atoms with van der Waals surface area (Å²) in [6.07, 6.45) is 3.41. The van der Waals surface area contributed by atoms with Gasteiger partial charge in [-0.1, -0.05) is 12.1 Å². The zero-order valence-electron chi connectivity index (χ0n) is 19.2. The Hall–Kier alpha value is -3.93. The van der Waals surface area contributed by atoms with Gasteiger partial charge in [0.15, 0.2) is 0 Å². The van der Waals surface area contributed by atoms with Crippen LogP contribution in [-0.4, -0.2) is 38.8 Å². The average Bonchev–Trinajstić information content (AvgIpc) is 3.51. The van der Waals surface area contributed by atoms with Crippen LogP contribution in [0.4, 0.5) is 15.0 Å². The van der Waals surface area contributed by atoms with Gasteiger partial charge in [-0.2, -0.15) is 10.4 Å². The summed E-state index contributed by atoms with van der Waals surface area (Å²) in [4.78, 5) is 19.1. The third-order valence-corrected chi connectivity index (χ3v) is 7.09. The molecule has 1 unspecified atom stereocenters. The van der Waals surface area contributed by atoms with Gasteiger partial charge in [-0.05, 0) is 56.5 Å². The van der Waals surface area contributed by atoms with Gasteiger partial charge in [-0.3, -0.25) is 4.68 Å². The van der Waals surface area contributed by atoms with Crippen LogP contribution in [0.3, 0.4) is 0 Å². The van der Waals surface area contributed by atoms with Gasteiger partial charge < -0.3 is 16.0 Å². The molecule has 1 atom stereocenters. The molecule has 2 amide bonds. The highest BCUT2D eigenvalue weighted by atomic mass is 19.1. The van der Waals surface area contributed by atoms with Crippen molar-refractivity contribution in [3.05, 3.63) is 65.2 Å². The second-order valence-electron chi connectivity index (χ2n) is 9.67. The quantitative estimate of drug-likeness (QED) is 0.622. The fourth-order valence-corrected chi connectivity index (χ4v) is 5.05. The lowest BCUT2D eigenvalue weighted by Gasteiger charge is -2.30. The van der Waals surface area contributed by atoms with Gasteiger partial charge in [0.05, 0.1) is 16.8 Å². The van der Waals surface area contributed by atoms with Crippen molar-refractivity contribution in [1.29, 1.82) is 5.26 Å². The molecular formula is C25H26FN7O. The van der Waals surface area contributed by atoms with E-state index in [0.29, 0.717) is 18.7 Å². The van der Waals surface area contributed by atoms with Crippen LogP contribution in [0, 0.1) is 17.1 Å². The number of aryl methyl sites for hydroxylation is 1. The molecular weight excluding hydrogens is 433 g/mol. The molecule has 0 bridgehead atoms. The molecule has 8 nitrogen and oxygen atoms in total. The van der Waals surface area contributed by atoms with Gasteiger partial charge >= 0.3 is 6.03 Å². The van der Waals surface area contributed by atoms with E-state index in [-0.39, 0.29) is 23.1 Å². The maximum Gasteiger partial charge on any atom is 0.318 e. The molecule has 174 valence electrons. The number of pyridine rings is 1. The number of nitrogens with zero attached hydrogens (tertiary/aromatic N) is 5. The molecule has 3 N–H and O–H groups in total. The van der Waals surface area contributed by atoms with Gasteiger partial charge in [0, 0.05) is 42.5 Å². The topological polar surface area (TPSA) is 113 Å². The second-order valence-corrected chi connectivity index (χ2v) is 9.67. The number of nitriles is 1. The van der Waals surface area contributed by atoms with Crippen LogP contribution in [0.15, 0.2) is 42.6 Å². The number of amides is 2. The standard InChI is InChI=1S/C25H26FN7O/c1-24(2,18-3-5-19(26)6-4-18)30-23(34)32-9-7-25(15-32)8-10-33-21(25)12-20(31-33)17-11-16(13-27)22(28)29-14-17/h3-6,11-12,14H,7-10,15H2,1-2H3,(H2,28,29)(H,30,34). The molecule has 2 aromatic heterocycles. The average molecular weight is 460 g/mol. The van der Waals surface area contributed by atoms with Crippen molar-refractivity contribution in [1.82, 2.24) is 25.0 Å². The number of rotatable bonds is 3. The molecule has 1 saturated heterocycles. The van der Waals surface area contributed by atoms with E-state index in [9.17, 15) is 14.4 Å². The van der Waals surface area contributed by atoms with Crippen LogP contribution >= 0.6 is 0 Å². The molecule has 0 saturated carbocycles. The van der Waals surface area contributed by atoms with E-state index in [2.05, 4.69) is 16.4 Å². The van der Waals surface area contributed by atoms with Crippen LogP contribution < -0.4 is 11.1 Å². The summed E-state index contributed by atoms with van der Waals surface area (Å²) in [6, 6.07) is 11.9. The van der Waals surface area contributed by atoms with Crippen molar-refractivity contribution < 1.29 is 9.18 Å². The summed E-state index contributed by atoms with van der Waals surface area (Å²) in [6.45, 7) is 5.86. The van der Waals surface area contributed by atoms with Crippen molar-refractivity contribution in [3.63, 3.8) is 0 Å². The van der Waals surface area contributed by atoms with Crippen molar-refractivity contribution in [2.45, 2.75) is 44.2 Å². The lowest BCUT2D eigenvalue weighted by Crippen LogP contribution is -2.48. The zero-order chi connectivity index (χ0) is 24.1. The third-order valence-electron chi connectivity index (χ3n) is 7.09. The van der Waals surface area contributed by atoms with E-state index in [4.69, 9.17) is 10.8 Å². The predicted molar refractivity (Wildman–Crippen MR) is 125 cm³/mol. The number of carbonyl (C=O) groups is 1. The Kier molecular flexibility index (Phi) is 5.04. The first-order chi connectivity index (χ1) is 16.2. The summed E-state index contributed by atoms with van der Waals surface area (Å²) in [7, 11) is 0. The Morgan fingerprint density at radius 3 is 2.71 bits per heavy atom. The Morgan fingerprint density at radius 2 is 1.97 bits per heavy atom. The number of hydrogen-bond acceptors (Lipinski definition) is 5. The van der Waals surface area contributed by atoms with Crippen LogP contribution in [0.1, 0.15) is 43.5 Å². The number of benzene rings is 1. The SMILES string of the molecule is CC(C)(NC(=O)N1CCC2(CCn3nc(-c4cnc(N)c(C#N)c4)cc32)C1)c1ccc(F)cc1. The van der Waals surface area contributed by atoms with Crippen molar-refractivity contribution in [3.8, 4) is 17.3 Å². The Balaban J connectivity index is 1.34. The lowest BCUT2D eigenvalue weighted by molar-refractivity contribution is 0.194. The molecule has 9 heteroatoms. The Labute approximate surface area is 197 Å². The number of nitrogens with one attached hydrogen (secondary N) is 1. The molecule has 1 aromatic carbocycles. The molecule has 5 rings (SSSR count). The van der Waals surface area contributed by atoms with E-state index >= 15 is 0 Å². The van der Waals surface area contributed by atoms with Crippen LogP contribution in [0.25, 0.3) is 11.3 Å². The lowest BCUT2D eigenvalue weighted by atomic mass is 9.82. The van der Waals surface area contributed by atoms with Gasteiger partial charge in [0.25, 0.3) is 0 Å². The van der Waals surface area contributed by atoms with E-state index < -0.39 is 5.54 Å². The first-order valence-electron chi connectivity index (χ1n) is 11.3. The molecule has 2 aliphatic rings. The minimum Gasteiger partial charge on any atom is -0.383 e. The molecule has 0 aliphatic carbocycles. The molecule has 1 fully saturated rings. The summed E-state index contributed by atoms with van der Waals surface area (Å²) in [5.74, 6) is -0.0985. The maximum absolute atomic E-state index is 13.3. The minimum atomic E-state index is -0.633. The van der Waals surface area contributed by atoms with Crippen LogP contribution in [0.2, 0.25) is 0 Å². The highest BCUT2D eigenvalue weighted by Crippen LogP contribution is 2.44. The van der Waals surface area contributed by atoms with Crippen molar-refractivity contribution >= 4 is 11.8 Å². The molecule has 34 heavy (non-hydrogen) atoms. The molecule has 0 radical (unpaired) electrons. The van der Waals surface area contributed by atoms with Crippen molar-refractivity contribution in [2.75, 3.05) is 18.8 Å². The van der Waals surface area contributed by atoms with Crippen LogP contribution in [-0.2, 0) is 17.5 Å². The zero-order valence-corrected chi connectivity index (χ0v) is 19.2. The van der Waals surface area contributed by atoms with Gasteiger partial charge in [0.2, 0.25) is 0 Å². The number of aromatic nitrogens is 3. The fourth-order valence-electron chi connectivity index (χ4n) is 5.05. The summed E-state index contributed by atoms with van der Waals surface area (Å²) in [5, 5.41) is 17.1. The predicted octanol–water partition coefficient (Wildman–Crippen LogP) is 3.53. The molecule has 4 heterocycles. The number of fused-ring (bicyclic) bond motifs is 2. The summed E-state index contributed by atoms with van der Waals surface area (Å²) in [5.41, 5.74) is 8.74. The van der Waals surface area contributed by atoms with Crippen LogP contribution in [0.5, 0.6) is 0 Å². The maximum atomic E-state index is 13.3. The number of nitrogens with two attached hydrogens (primary N) is 1. The number of hydrogen-bond donors (Lipinski definition) is 2. The minimum absolute atomic E-state index is 0.134. The third kappa shape index (κ3) is 3.65. The van der Waals surface area contributed by atoms with E-state index in [0.717, 1.165) is 41.9 Å². The molecule has 1 spiro atoms. The monoisotopic (exact) mass is 459 g/mol. The largest absolute Gasteiger partial charge is 0.383 e. The Morgan fingerprint density at radius 1 is 1.24 bits per heavy atom. The number of carbonyl (C=O) groups excluding carboxylic acids is 1. The number of halogens is 1. The van der Waals surface area contributed by atoms with Gasteiger partial charge in [0.1, 0.15) is 17.7 Å². The summed E-state index contributed by atoms with van der Waals surface area (Å²) >= 11 is 0. The van der Waals surface area contributed by atoms with Gasteiger partial charge in [-0.25, -0.2) is 14.2 Å². The van der Waals surface area contributed by atoms with E-state index in [1.54, 1.807) is 24.4 Å².